The molecule has 0 atom stereocenters. The number of amides is 1. The van der Waals surface area contributed by atoms with E-state index in [0.717, 1.165) is 0 Å². The van der Waals surface area contributed by atoms with Gasteiger partial charge in [0.2, 0.25) is 0 Å². The Bertz CT molecular complexity index is 541. The topological polar surface area (TPSA) is 80.0 Å². The van der Waals surface area contributed by atoms with Crippen molar-refractivity contribution in [2.24, 2.45) is 0 Å². The minimum Gasteiger partial charge on any atom is -0.288 e. The predicted octanol–water partition coefficient (Wildman–Crippen LogP) is 0.585. The molecule has 0 bridgehead atoms. The second-order valence-corrected chi connectivity index (χ2v) is 3.33. The lowest BCUT2D eigenvalue weighted by molar-refractivity contribution is 0.0700. The molecule has 0 fully saturated rings. The van der Waals surface area contributed by atoms with E-state index in [0.29, 0.717) is 5.56 Å². The number of carbonyl (C=O) groups is 1. The van der Waals surface area contributed by atoms with E-state index in [1.165, 1.54) is 22.4 Å². The minimum absolute atomic E-state index is 0.0381. The molecule has 0 aliphatic carbocycles. The summed E-state index contributed by atoms with van der Waals surface area (Å²) in [6, 6.07) is 6.25. The van der Waals surface area contributed by atoms with Crippen LogP contribution in [0.4, 0.5) is 4.39 Å². The summed E-state index contributed by atoms with van der Waals surface area (Å²) in [4.78, 5) is 11.0. The minimum atomic E-state index is -0.759. The molecule has 0 aliphatic heterocycles. The molecule has 1 amide bonds. The lowest BCUT2D eigenvalue weighted by Gasteiger charge is -2.01. The highest BCUT2D eigenvalue weighted by molar-refractivity contribution is 5.90. The molecule has 0 saturated heterocycles. The molecular formula is C10H9FN4O2. The van der Waals surface area contributed by atoms with E-state index in [9.17, 15) is 9.18 Å². The van der Waals surface area contributed by atoms with E-state index >= 15 is 0 Å². The number of benzene rings is 1. The Labute approximate surface area is 95.6 Å². The maximum absolute atomic E-state index is 13.3. The molecule has 88 valence electrons. The van der Waals surface area contributed by atoms with Gasteiger partial charge in [-0.3, -0.25) is 10.0 Å². The summed E-state index contributed by atoms with van der Waals surface area (Å²) in [7, 11) is 0. The van der Waals surface area contributed by atoms with Gasteiger partial charge in [0.25, 0.3) is 5.91 Å². The number of rotatable bonds is 3. The summed E-state index contributed by atoms with van der Waals surface area (Å²) in [5.41, 5.74) is 1.84. The number of carbonyl (C=O) groups excluding carboxylic acids is 1. The molecule has 7 heteroatoms. The van der Waals surface area contributed by atoms with Gasteiger partial charge in [-0.25, -0.2) is 14.6 Å². The summed E-state index contributed by atoms with van der Waals surface area (Å²) < 4.78 is 14.6. The van der Waals surface area contributed by atoms with Crippen LogP contribution in [-0.2, 0) is 6.54 Å². The average Bonchev–Trinajstić information content (AvgIpc) is 2.80. The van der Waals surface area contributed by atoms with E-state index in [1.54, 1.807) is 18.2 Å². The van der Waals surface area contributed by atoms with Crippen molar-refractivity contribution in [3.05, 3.63) is 47.5 Å². The molecule has 17 heavy (non-hydrogen) atoms. The fourth-order valence-electron chi connectivity index (χ4n) is 1.34. The number of halogens is 1. The molecule has 1 aromatic carbocycles. The van der Waals surface area contributed by atoms with Crippen LogP contribution in [0.1, 0.15) is 16.1 Å². The van der Waals surface area contributed by atoms with Crippen molar-refractivity contribution in [1.82, 2.24) is 20.5 Å². The number of nitrogens with zero attached hydrogens (tertiary/aromatic N) is 3. The summed E-state index contributed by atoms with van der Waals surface area (Å²) in [5.74, 6) is -1.11. The van der Waals surface area contributed by atoms with Gasteiger partial charge in [0, 0.05) is 5.56 Å². The van der Waals surface area contributed by atoms with Crippen LogP contribution in [0.2, 0.25) is 0 Å². The maximum atomic E-state index is 13.3. The maximum Gasteiger partial charge on any atom is 0.296 e. The number of aromatic nitrogens is 3. The first kappa shape index (κ1) is 11.2. The first-order valence-electron chi connectivity index (χ1n) is 4.78. The standard InChI is InChI=1S/C10H9FN4O2/c11-8-4-2-1-3-7(8)5-15-6-9(12-14-15)10(16)13-17/h1-4,6,17H,5H2,(H,13,16). The van der Waals surface area contributed by atoms with Crippen molar-refractivity contribution < 1.29 is 14.4 Å². The highest BCUT2D eigenvalue weighted by Gasteiger charge is 2.10. The molecule has 0 unspecified atom stereocenters. The lowest BCUT2D eigenvalue weighted by Crippen LogP contribution is -2.18. The van der Waals surface area contributed by atoms with Crippen LogP contribution in [0.25, 0.3) is 0 Å². The third-order valence-electron chi connectivity index (χ3n) is 2.16. The monoisotopic (exact) mass is 236 g/mol. The second-order valence-electron chi connectivity index (χ2n) is 3.33. The van der Waals surface area contributed by atoms with Crippen molar-refractivity contribution in [2.45, 2.75) is 6.54 Å². The Balaban J connectivity index is 2.17. The van der Waals surface area contributed by atoms with Crippen LogP contribution in [0.3, 0.4) is 0 Å². The molecule has 6 nitrogen and oxygen atoms in total. The Morgan fingerprint density at radius 3 is 2.94 bits per heavy atom. The molecule has 2 rings (SSSR count). The van der Waals surface area contributed by atoms with Gasteiger partial charge >= 0.3 is 0 Å². The molecule has 2 aromatic rings. The van der Waals surface area contributed by atoms with Crippen molar-refractivity contribution in [3.63, 3.8) is 0 Å². The van der Waals surface area contributed by atoms with Gasteiger partial charge in [-0.05, 0) is 6.07 Å². The number of hydrogen-bond donors (Lipinski definition) is 2. The summed E-state index contributed by atoms with van der Waals surface area (Å²) >= 11 is 0. The Hall–Kier alpha value is -2.28. The van der Waals surface area contributed by atoms with Gasteiger partial charge in [-0.1, -0.05) is 23.4 Å². The molecule has 1 heterocycles. The van der Waals surface area contributed by atoms with Crippen LogP contribution in [-0.4, -0.2) is 26.1 Å². The fourth-order valence-corrected chi connectivity index (χ4v) is 1.34. The molecule has 1 aromatic heterocycles. The van der Waals surface area contributed by atoms with E-state index in [-0.39, 0.29) is 18.1 Å². The van der Waals surface area contributed by atoms with Crippen molar-refractivity contribution in [2.75, 3.05) is 0 Å². The Kier molecular flexibility index (Phi) is 3.10. The van der Waals surface area contributed by atoms with Crippen LogP contribution in [0.5, 0.6) is 0 Å². The Morgan fingerprint density at radius 2 is 2.24 bits per heavy atom. The van der Waals surface area contributed by atoms with Gasteiger partial charge in [0.1, 0.15) is 5.82 Å². The Morgan fingerprint density at radius 1 is 1.47 bits per heavy atom. The van der Waals surface area contributed by atoms with Gasteiger partial charge in [-0.2, -0.15) is 0 Å². The van der Waals surface area contributed by atoms with Gasteiger partial charge in [0.15, 0.2) is 5.69 Å². The second kappa shape index (κ2) is 4.71. The molecular weight excluding hydrogens is 227 g/mol. The number of hydroxylamine groups is 1. The highest BCUT2D eigenvalue weighted by atomic mass is 19.1. The molecule has 0 spiro atoms. The third kappa shape index (κ3) is 2.45. The zero-order valence-corrected chi connectivity index (χ0v) is 8.67. The quantitative estimate of drug-likeness (QED) is 0.603. The zero-order chi connectivity index (χ0) is 12.3. The SMILES string of the molecule is O=C(NO)c1cn(Cc2ccccc2F)nn1. The van der Waals surface area contributed by atoms with Crippen LogP contribution < -0.4 is 5.48 Å². The van der Waals surface area contributed by atoms with E-state index in [1.807, 2.05) is 0 Å². The van der Waals surface area contributed by atoms with Crippen molar-refractivity contribution in [3.8, 4) is 0 Å². The summed E-state index contributed by atoms with van der Waals surface area (Å²) in [6.45, 7) is 0.165. The highest BCUT2D eigenvalue weighted by Crippen LogP contribution is 2.07. The van der Waals surface area contributed by atoms with Gasteiger partial charge in [-0.15, -0.1) is 5.10 Å². The first-order valence-corrected chi connectivity index (χ1v) is 4.78. The zero-order valence-electron chi connectivity index (χ0n) is 8.67. The normalized spacial score (nSPS) is 10.2. The molecule has 2 N–H and O–H groups in total. The first-order chi connectivity index (χ1) is 8.20. The average molecular weight is 236 g/mol. The largest absolute Gasteiger partial charge is 0.296 e. The lowest BCUT2D eigenvalue weighted by atomic mass is 10.2. The third-order valence-corrected chi connectivity index (χ3v) is 2.16. The molecule has 0 radical (unpaired) electrons. The molecule has 0 saturated carbocycles. The van der Waals surface area contributed by atoms with Gasteiger partial charge < -0.3 is 0 Å². The smallest absolute Gasteiger partial charge is 0.288 e. The van der Waals surface area contributed by atoms with E-state index < -0.39 is 5.91 Å². The van der Waals surface area contributed by atoms with Crippen molar-refractivity contribution >= 4 is 5.91 Å². The van der Waals surface area contributed by atoms with E-state index in [2.05, 4.69) is 10.3 Å². The van der Waals surface area contributed by atoms with E-state index in [4.69, 9.17) is 5.21 Å². The molecule has 0 aliphatic rings. The summed E-state index contributed by atoms with van der Waals surface area (Å²) in [6.07, 6.45) is 1.32. The van der Waals surface area contributed by atoms with Crippen LogP contribution >= 0.6 is 0 Å². The van der Waals surface area contributed by atoms with Crippen LogP contribution in [0, 0.1) is 5.82 Å². The summed E-state index contributed by atoms with van der Waals surface area (Å²) in [5, 5.41) is 15.6. The number of nitrogens with one attached hydrogen (secondary N) is 1. The fraction of sp³-hybridized carbons (Fsp3) is 0.100. The number of hydrogen-bond acceptors (Lipinski definition) is 4. The van der Waals surface area contributed by atoms with Gasteiger partial charge in [0.05, 0.1) is 12.7 Å². The predicted molar refractivity (Wildman–Crippen MR) is 54.8 cm³/mol. The van der Waals surface area contributed by atoms with Crippen LogP contribution in [0.15, 0.2) is 30.5 Å². The van der Waals surface area contributed by atoms with Crippen molar-refractivity contribution in [1.29, 1.82) is 0 Å².